The number of rotatable bonds is 5. The summed E-state index contributed by atoms with van der Waals surface area (Å²) in [5.74, 6) is 0.150. The van der Waals surface area contributed by atoms with E-state index in [1.54, 1.807) is 25.3 Å². The molecule has 0 bridgehead atoms. The van der Waals surface area contributed by atoms with Gasteiger partial charge in [-0.15, -0.1) is 0 Å². The Morgan fingerprint density at radius 2 is 1.80 bits per heavy atom. The van der Waals surface area contributed by atoms with Gasteiger partial charge in [-0.05, 0) is 44.5 Å². The van der Waals surface area contributed by atoms with Gasteiger partial charge in [0, 0.05) is 16.8 Å². The summed E-state index contributed by atoms with van der Waals surface area (Å²) < 4.78 is 5.37. The molecule has 25 heavy (non-hydrogen) atoms. The minimum absolute atomic E-state index is 0.338. The Bertz CT molecular complexity index is 800. The number of methoxy groups -OCH3 is 1. The number of carbonyl (C=O) groups is 2. The van der Waals surface area contributed by atoms with Gasteiger partial charge in [-0.25, -0.2) is 4.79 Å². The molecule has 0 heterocycles. The standard InChI is InChI=1S/C19H23N3O3/c1-12-9-10-13(17(20)23)11-15(12)21-18(24)22-19(2,3)14-7-5-6-8-16(14)25-4/h5-11H,1-4H3,(H2,20,23)(H2,21,22,24). The van der Waals surface area contributed by atoms with E-state index in [9.17, 15) is 9.59 Å². The number of anilines is 1. The maximum atomic E-state index is 12.5. The van der Waals surface area contributed by atoms with Crippen LogP contribution in [0.1, 0.15) is 35.3 Å². The van der Waals surface area contributed by atoms with Crippen LogP contribution in [-0.2, 0) is 5.54 Å². The lowest BCUT2D eigenvalue weighted by atomic mass is 9.93. The van der Waals surface area contributed by atoms with Crippen molar-refractivity contribution >= 4 is 17.6 Å². The van der Waals surface area contributed by atoms with Gasteiger partial charge in [0.1, 0.15) is 5.75 Å². The predicted octanol–water partition coefficient (Wildman–Crippen LogP) is 3.16. The largest absolute Gasteiger partial charge is 0.496 e. The lowest BCUT2D eigenvalue weighted by Crippen LogP contribution is -2.43. The molecule has 2 rings (SSSR count). The van der Waals surface area contributed by atoms with E-state index in [4.69, 9.17) is 10.5 Å². The van der Waals surface area contributed by atoms with Gasteiger partial charge >= 0.3 is 6.03 Å². The van der Waals surface area contributed by atoms with Crippen LogP contribution in [0.2, 0.25) is 0 Å². The lowest BCUT2D eigenvalue weighted by Gasteiger charge is -2.28. The summed E-state index contributed by atoms with van der Waals surface area (Å²) in [6, 6.07) is 12.0. The van der Waals surface area contributed by atoms with Gasteiger partial charge in [0.2, 0.25) is 5.91 Å². The van der Waals surface area contributed by atoms with Crippen LogP contribution in [0.4, 0.5) is 10.5 Å². The summed E-state index contributed by atoms with van der Waals surface area (Å²) in [4.78, 5) is 23.8. The average molecular weight is 341 g/mol. The van der Waals surface area contributed by atoms with Gasteiger partial charge in [-0.1, -0.05) is 24.3 Å². The van der Waals surface area contributed by atoms with Crippen molar-refractivity contribution in [2.24, 2.45) is 5.73 Å². The summed E-state index contributed by atoms with van der Waals surface area (Å²) in [5, 5.41) is 5.70. The van der Waals surface area contributed by atoms with Crippen molar-refractivity contribution in [3.05, 3.63) is 59.2 Å². The molecule has 0 atom stereocenters. The molecule has 0 aliphatic rings. The van der Waals surface area contributed by atoms with Gasteiger partial charge in [-0.2, -0.15) is 0 Å². The molecule has 0 saturated heterocycles. The van der Waals surface area contributed by atoms with Gasteiger partial charge in [0.15, 0.2) is 0 Å². The van der Waals surface area contributed by atoms with Crippen molar-refractivity contribution in [2.75, 3.05) is 12.4 Å². The molecular weight excluding hydrogens is 318 g/mol. The molecule has 0 radical (unpaired) electrons. The lowest BCUT2D eigenvalue weighted by molar-refractivity contribution is 0.1000. The monoisotopic (exact) mass is 341 g/mol. The number of hydrogen-bond acceptors (Lipinski definition) is 3. The Morgan fingerprint density at radius 1 is 1.12 bits per heavy atom. The van der Waals surface area contributed by atoms with Crippen LogP contribution in [0.25, 0.3) is 0 Å². The SMILES string of the molecule is COc1ccccc1C(C)(C)NC(=O)Nc1cc(C(N)=O)ccc1C. The third-order valence-corrected chi connectivity index (χ3v) is 3.98. The molecule has 0 aromatic heterocycles. The van der Waals surface area contributed by atoms with E-state index >= 15 is 0 Å². The molecule has 0 aliphatic carbocycles. The van der Waals surface area contributed by atoms with Crippen LogP contribution in [0.5, 0.6) is 5.75 Å². The molecule has 0 unspecified atom stereocenters. The third-order valence-electron chi connectivity index (χ3n) is 3.98. The zero-order valence-electron chi connectivity index (χ0n) is 14.8. The van der Waals surface area contributed by atoms with E-state index in [-0.39, 0.29) is 6.03 Å². The van der Waals surface area contributed by atoms with Gasteiger partial charge in [0.05, 0.1) is 12.6 Å². The van der Waals surface area contributed by atoms with E-state index in [1.807, 2.05) is 45.0 Å². The Balaban J connectivity index is 2.19. The highest BCUT2D eigenvalue weighted by Gasteiger charge is 2.26. The highest BCUT2D eigenvalue weighted by Crippen LogP contribution is 2.29. The first-order valence-electron chi connectivity index (χ1n) is 7.87. The summed E-state index contributed by atoms with van der Waals surface area (Å²) in [6.45, 7) is 5.61. The molecule has 0 saturated carbocycles. The number of nitrogens with one attached hydrogen (secondary N) is 2. The number of hydrogen-bond donors (Lipinski definition) is 3. The molecule has 0 spiro atoms. The third kappa shape index (κ3) is 4.29. The highest BCUT2D eigenvalue weighted by molar-refractivity contribution is 5.96. The number of carbonyl (C=O) groups excluding carboxylic acids is 2. The maximum Gasteiger partial charge on any atom is 0.319 e. The normalized spacial score (nSPS) is 10.9. The molecule has 6 nitrogen and oxygen atoms in total. The molecule has 0 fully saturated rings. The minimum Gasteiger partial charge on any atom is -0.496 e. The van der Waals surface area contributed by atoms with Gasteiger partial charge < -0.3 is 21.1 Å². The van der Waals surface area contributed by atoms with Crippen molar-refractivity contribution in [2.45, 2.75) is 26.3 Å². The summed E-state index contributed by atoms with van der Waals surface area (Å²) in [6.07, 6.45) is 0. The average Bonchev–Trinajstić information content (AvgIpc) is 2.56. The van der Waals surface area contributed by atoms with Crippen molar-refractivity contribution in [1.82, 2.24) is 5.32 Å². The summed E-state index contributed by atoms with van der Waals surface area (Å²) in [5.41, 5.74) is 7.19. The molecule has 2 aromatic carbocycles. The fourth-order valence-electron chi connectivity index (χ4n) is 2.58. The first-order chi connectivity index (χ1) is 11.7. The number of benzene rings is 2. The van der Waals surface area contributed by atoms with Gasteiger partial charge in [-0.3, -0.25) is 4.79 Å². The van der Waals surface area contributed by atoms with E-state index in [2.05, 4.69) is 10.6 Å². The van der Waals surface area contributed by atoms with Crippen molar-refractivity contribution < 1.29 is 14.3 Å². The number of primary amides is 1. The van der Waals surface area contributed by atoms with Gasteiger partial charge in [0.25, 0.3) is 0 Å². The Kier molecular flexibility index (Phi) is 5.32. The number of aryl methyl sites for hydroxylation is 1. The van der Waals surface area contributed by atoms with Crippen molar-refractivity contribution in [3.63, 3.8) is 0 Å². The highest BCUT2D eigenvalue weighted by atomic mass is 16.5. The topological polar surface area (TPSA) is 93.4 Å². The second-order valence-electron chi connectivity index (χ2n) is 6.30. The van der Waals surface area contributed by atoms with E-state index in [0.717, 1.165) is 11.1 Å². The van der Waals surface area contributed by atoms with Crippen LogP contribution in [0.15, 0.2) is 42.5 Å². The molecule has 0 aliphatic heterocycles. The molecular formula is C19H23N3O3. The van der Waals surface area contributed by atoms with Crippen LogP contribution in [-0.4, -0.2) is 19.0 Å². The zero-order valence-corrected chi connectivity index (χ0v) is 14.8. The fourth-order valence-corrected chi connectivity index (χ4v) is 2.58. The van der Waals surface area contributed by atoms with E-state index < -0.39 is 11.4 Å². The van der Waals surface area contributed by atoms with Crippen molar-refractivity contribution in [1.29, 1.82) is 0 Å². The second kappa shape index (κ2) is 7.25. The first-order valence-corrected chi connectivity index (χ1v) is 7.87. The predicted molar refractivity (Wildman–Crippen MR) is 97.9 cm³/mol. The smallest absolute Gasteiger partial charge is 0.319 e. The molecule has 132 valence electrons. The maximum absolute atomic E-state index is 12.5. The van der Waals surface area contributed by atoms with E-state index in [0.29, 0.717) is 17.0 Å². The fraction of sp³-hybridized carbons (Fsp3) is 0.263. The van der Waals surface area contributed by atoms with Crippen LogP contribution >= 0.6 is 0 Å². The number of urea groups is 1. The van der Waals surface area contributed by atoms with Crippen molar-refractivity contribution in [3.8, 4) is 5.75 Å². The Morgan fingerprint density at radius 3 is 2.44 bits per heavy atom. The quantitative estimate of drug-likeness (QED) is 0.780. The first kappa shape index (κ1) is 18.3. The van der Waals surface area contributed by atoms with Crippen LogP contribution in [0.3, 0.4) is 0 Å². The number of para-hydroxylation sites is 1. The summed E-state index contributed by atoms with van der Waals surface area (Å²) >= 11 is 0. The van der Waals surface area contributed by atoms with Crippen LogP contribution in [0, 0.1) is 6.92 Å². The zero-order chi connectivity index (χ0) is 18.6. The molecule has 2 aromatic rings. The number of ether oxygens (including phenoxy) is 1. The summed E-state index contributed by atoms with van der Waals surface area (Å²) in [7, 11) is 1.59. The number of amides is 3. The van der Waals surface area contributed by atoms with Crippen LogP contribution < -0.4 is 21.1 Å². The number of nitrogens with two attached hydrogens (primary N) is 1. The van der Waals surface area contributed by atoms with E-state index in [1.165, 1.54) is 0 Å². The molecule has 3 amide bonds. The Hall–Kier alpha value is -3.02. The minimum atomic E-state index is -0.661. The molecule has 6 heteroatoms. The second-order valence-corrected chi connectivity index (χ2v) is 6.30. The Labute approximate surface area is 147 Å². The molecule has 4 N–H and O–H groups in total.